The second-order valence-corrected chi connectivity index (χ2v) is 15.6. The van der Waals surface area contributed by atoms with Crippen LogP contribution in [0.1, 0.15) is 37.2 Å². The molecule has 0 radical (unpaired) electrons. The van der Waals surface area contributed by atoms with E-state index in [0.29, 0.717) is 0 Å². The number of thiophene rings is 1. The molecular weight excluding hydrogens is 635 g/mol. The Hall–Kier alpha value is -5.44. The fraction of sp³-hybridized carbons (Fsp3) is 0.143. The highest BCUT2D eigenvalue weighted by atomic mass is 32.1. The second-order valence-electron chi connectivity index (χ2n) is 14.5. The Balaban J connectivity index is 1.02. The molecule has 2 aliphatic carbocycles. The quantitative estimate of drug-likeness (QED) is 0.163. The van der Waals surface area contributed by atoms with Crippen molar-refractivity contribution in [2.24, 2.45) is 11.8 Å². The zero-order valence-corrected chi connectivity index (χ0v) is 29.4. The minimum atomic E-state index is 0.768. The summed E-state index contributed by atoms with van der Waals surface area (Å²) in [6, 6.07) is 62.8. The van der Waals surface area contributed by atoms with Gasteiger partial charge in [0.2, 0.25) is 0 Å². The molecule has 246 valence electrons. The van der Waals surface area contributed by atoms with E-state index in [4.69, 9.17) is 0 Å². The lowest BCUT2D eigenvalue weighted by Crippen LogP contribution is -2.09. The number of nitrogens with zero attached hydrogens (tertiary/aromatic N) is 1. The normalized spacial score (nSPS) is 18.1. The molecule has 0 N–H and O–H groups in total. The van der Waals surface area contributed by atoms with Crippen molar-refractivity contribution < 1.29 is 0 Å². The molecular formula is C49H39NS. The summed E-state index contributed by atoms with van der Waals surface area (Å²) in [6.45, 7) is 0. The van der Waals surface area contributed by atoms with Gasteiger partial charge < -0.3 is 4.90 Å². The van der Waals surface area contributed by atoms with Crippen LogP contribution in [0.15, 0.2) is 170 Å². The van der Waals surface area contributed by atoms with Gasteiger partial charge in [-0.1, -0.05) is 128 Å². The van der Waals surface area contributed by atoms with Crippen LogP contribution in [0, 0.1) is 11.8 Å². The minimum Gasteiger partial charge on any atom is -0.310 e. The van der Waals surface area contributed by atoms with Gasteiger partial charge in [0.25, 0.3) is 0 Å². The predicted molar refractivity (Wildman–Crippen MR) is 219 cm³/mol. The molecule has 2 heteroatoms. The lowest BCUT2D eigenvalue weighted by molar-refractivity contribution is 0.420. The van der Waals surface area contributed by atoms with Crippen LogP contribution in [-0.4, -0.2) is 0 Å². The summed E-state index contributed by atoms with van der Waals surface area (Å²) in [4.78, 5) is 2.40. The molecule has 0 amide bonds. The standard InChI is InChI=1S/C49H39NS/c1-2-8-36(9-3-1)43-10-4-5-11-44(43)37-22-26-41(27-23-37)50(42-28-29-49-47(32-42)45-12-6-7-13-48(45)51-49)40-24-20-35(21-25-40)34-16-18-38(19-17-34)46-31-33-14-15-39(46)30-33/h1-13,16-29,32-33,39,46H,14-15,30-31H2. The molecule has 0 aliphatic heterocycles. The molecule has 2 bridgehead atoms. The van der Waals surface area contributed by atoms with Crippen molar-refractivity contribution in [3.63, 3.8) is 0 Å². The van der Waals surface area contributed by atoms with E-state index < -0.39 is 0 Å². The van der Waals surface area contributed by atoms with Crippen LogP contribution < -0.4 is 4.90 Å². The smallest absolute Gasteiger partial charge is 0.0468 e. The van der Waals surface area contributed by atoms with Gasteiger partial charge in [-0.2, -0.15) is 0 Å². The van der Waals surface area contributed by atoms with Crippen molar-refractivity contribution in [3.05, 3.63) is 175 Å². The molecule has 0 spiro atoms. The van der Waals surface area contributed by atoms with Gasteiger partial charge in [-0.3, -0.25) is 0 Å². The first-order chi connectivity index (χ1) is 25.2. The number of rotatable bonds is 7. The summed E-state index contributed by atoms with van der Waals surface area (Å²) >= 11 is 1.87. The van der Waals surface area contributed by atoms with Gasteiger partial charge in [-0.15, -0.1) is 11.3 Å². The summed E-state index contributed by atoms with van der Waals surface area (Å²) in [5.74, 6) is 2.64. The van der Waals surface area contributed by atoms with Gasteiger partial charge in [0.15, 0.2) is 0 Å². The van der Waals surface area contributed by atoms with Crippen molar-refractivity contribution in [2.75, 3.05) is 4.90 Å². The maximum absolute atomic E-state index is 2.40. The molecule has 1 heterocycles. The number of hydrogen-bond acceptors (Lipinski definition) is 2. The van der Waals surface area contributed by atoms with Crippen molar-refractivity contribution in [3.8, 4) is 33.4 Å². The molecule has 3 unspecified atom stereocenters. The van der Waals surface area contributed by atoms with Gasteiger partial charge in [0.1, 0.15) is 0 Å². The first-order valence-corrected chi connectivity index (χ1v) is 19.2. The number of fused-ring (bicyclic) bond motifs is 5. The first-order valence-electron chi connectivity index (χ1n) is 18.4. The Morgan fingerprint density at radius 1 is 0.431 bits per heavy atom. The summed E-state index contributed by atoms with van der Waals surface area (Å²) < 4.78 is 2.64. The van der Waals surface area contributed by atoms with Crippen molar-refractivity contribution in [1.82, 2.24) is 0 Å². The highest BCUT2D eigenvalue weighted by molar-refractivity contribution is 7.25. The van der Waals surface area contributed by atoms with Crippen molar-refractivity contribution >= 4 is 48.6 Å². The third-order valence-corrected chi connectivity index (χ3v) is 12.8. The molecule has 2 aliphatic rings. The maximum atomic E-state index is 2.40. The van der Waals surface area contributed by atoms with Crippen LogP contribution in [0.2, 0.25) is 0 Å². The van der Waals surface area contributed by atoms with Crippen LogP contribution in [0.25, 0.3) is 53.6 Å². The van der Waals surface area contributed by atoms with Gasteiger partial charge >= 0.3 is 0 Å². The van der Waals surface area contributed by atoms with Crippen molar-refractivity contribution in [2.45, 2.75) is 31.6 Å². The third-order valence-electron chi connectivity index (χ3n) is 11.6. The zero-order chi connectivity index (χ0) is 33.7. The Morgan fingerprint density at radius 3 is 1.67 bits per heavy atom. The van der Waals surface area contributed by atoms with Crippen LogP contribution >= 0.6 is 11.3 Å². The average Bonchev–Trinajstić information content (AvgIpc) is 3.94. The molecule has 1 aromatic heterocycles. The van der Waals surface area contributed by atoms with E-state index in [0.717, 1.165) is 34.8 Å². The molecule has 3 atom stereocenters. The first kappa shape index (κ1) is 30.4. The molecule has 2 fully saturated rings. The fourth-order valence-corrected chi connectivity index (χ4v) is 10.2. The van der Waals surface area contributed by atoms with Crippen LogP contribution in [0.3, 0.4) is 0 Å². The molecule has 0 saturated heterocycles. The largest absolute Gasteiger partial charge is 0.310 e. The van der Waals surface area contributed by atoms with Crippen LogP contribution in [0.5, 0.6) is 0 Å². The van der Waals surface area contributed by atoms with Gasteiger partial charge in [-0.25, -0.2) is 0 Å². The van der Waals surface area contributed by atoms with Crippen molar-refractivity contribution in [1.29, 1.82) is 0 Å². The Kier molecular flexibility index (Phi) is 7.57. The summed E-state index contributed by atoms with van der Waals surface area (Å²) in [5.41, 5.74) is 12.5. The third kappa shape index (κ3) is 5.55. The topological polar surface area (TPSA) is 3.24 Å². The van der Waals surface area contributed by atoms with Gasteiger partial charge in [0, 0.05) is 37.2 Å². The lowest BCUT2D eigenvalue weighted by Gasteiger charge is -2.26. The van der Waals surface area contributed by atoms with E-state index in [2.05, 4.69) is 175 Å². The molecule has 7 aromatic carbocycles. The predicted octanol–water partition coefficient (Wildman–Crippen LogP) is 14.4. The highest BCUT2D eigenvalue weighted by Gasteiger charge is 2.40. The van der Waals surface area contributed by atoms with E-state index in [1.54, 1.807) is 5.56 Å². The van der Waals surface area contributed by atoms with Crippen LogP contribution in [-0.2, 0) is 0 Å². The van der Waals surface area contributed by atoms with Crippen LogP contribution in [0.4, 0.5) is 17.1 Å². The van der Waals surface area contributed by atoms with E-state index in [1.165, 1.54) is 79.2 Å². The molecule has 10 rings (SSSR count). The van der Waals surface area contributed by atoms with E-state index in [-0.39, 0.29) is 0 Å². The molecule has 1 nitrogen and oxygen atoms in total. The zero-order valence-electron chi connectivity index (χ0n) is 28.6. The summed E-state index contributed by atoms with van der Waals surface area (Å²) in [7, 11) is 0. The Morgan fingerprint density at radius 2 is 1.00 bits per heavy atom. The highest BCUT2D eigenvalue weighted by Crippen LogP contribution is 2.53. The fourth-order valence-electron chi connectivity index (χ4n) is 9.07. The molecule has 8 aromatic rings. The number of anilines is 3. The second kappa shape index (κ2) is 12.7. The monoisotopic (exact) mass is 673 g/mol. The van der Waals surface area contributed by atoms with E-state index in [9.17, 15) is 0 Å². The Labute approximate surface area is 304 Å². The van der Waals surface area contributed by atoms with Gasteiger partial charge in [0.05, 0.1) is 0 Å². The summed E-state index contributed by atoms with van der Waals surface area (Å²) in [5, 5.41) is 2.62. The summed E-state index contributed by atoms with van der Waals surface area (Å²) in [6.07, 6.45) is 5.71. The SMILES string of the molecule is c1ccc(-c2ccccc2-c2ccc(N(c3ccc(-c4ccc(C5CC6CCC5C6)cc4)cc3)c3ccc4sc5ccccc5c4c3)cc2)cc1. The molecule has 2 saturated carbocycles. The van der Waals surface area contributed by atoms with E-state index >= 15 is 0 Å². The lowest BCUT2D eigenvalue weighted by atomic mass is 9.83. The number of benzene rings is 7. The average molecular weight is 674 g/mol. The molecule has 51 heavy (non-hydrogen) atoms. The maximum Gasteiger partial charge on any atom is 0.0468 e. The van der Waals surface area contributed by atoms with E-state index in [1.807, 2.05) is 11.3 Å². The number of hydrogen-bond donors (Lipinski definition) is 0. The van der Waals surface area contributed by atoms with Gasteiger partial charge in [-0.05, 0) is 124 Å². The minimum absolute atomic E-state index is 0.768. The Bertz CT molecular complexity index is 2470.